The van der Waals surface area contributed by atoms with E-state index < -0.39 is 0 Å². The lowest BCUT2D eigenvalue weighted by molar-refractivity contribution is 0.785. The summed E-state index contributed by atoms with van der Waals surface area (Å²) in [5.41, 5.74) is 7.63. The van der Waals surface area contributed by atoms with Gasteiger partial charge in [-0.2, -0.15) is 15.1 Å². The third-order valence-corrected chi connectivity index (χ3v) is 3.54. The number of nitrogen functional groups attached to an aromatic ring is 1. The Bertz CT molecular complexity index is 881. The Kier molecular flexibility index (Phi) is 3.87. The standard InChI is InChI=1S/C15H16ClN7/c1-22(2)15-19-12(17)11-13(21-23(3)14(11)20-15)18-8-9-4-6-10(16)7-5-9/h4-8H,1-3H3,(H2,17,19,20). The van der Waals surface area contributed by atoms with Crippen molar-refractivity contribution in [1.82, 2.24) is 19.7 Å². The molecule has 7 nitrogen and oxygen atoms in total. The Hall–Kier alpha value is -2.67. The molecule has 23 heavy (non-hydrogen) atoms. The van der Waals surface area contributed by atoms with Crippen LogP contribution in [0, 0.1) is 0 Å². The first-order valence-corrected chi connectivity index (χ1v) is 7.30. The predicted octanol–water partition coefficient (Wildman–Crippen LogP) is 2.42. The highest BCUT2D eigenvalue weighted by atomic mass is 35.5. The number of aromatic nitrogens is 4. The molecule has 0 aliphatic rings. The lowest BCUT2D eigenvalue weighted by Gasteiger charge is -2.10. The van der Waals surface area contributed by atoms with Crippen LogP contribution in [0.5, 0.6) is 0 Å². The molecule has 0 aliphatic carbocycles. The van der Waals surface area contributed by atoms with E-state index in [2.05, 4.69) is 20.1 Å². The van der Waals surface area contributed by atoms with Crippen LogP contribution in [0.15, 0.2) is 29.3 Å². The number of halogens is 1. The molecule has 0 bridgehead atoms. The number of fused-ring (bicyclic) bond motifs is 1. The van der Waals surface area contributed by atoms with Crippen molar-refractivity contribution in [2.45, 2.75) is 0 Å². The summed E-state index contributed by atoms with van der Waals surface area (Å²) in [6.45, 7) is 0. The van der Waals surface area contributed by atoms with Crippen molar-refractivity contribution in [3.63, 3.8) is 0 Å². The second-order valence-electron chi connectivity index (χ2n) is 5.26. The predicted molar refractivity (Wildman–Crippen MR) is 93.7 cm³/mol. The molecule has 0 aliphatic heterocycles. The molecule has 0 atom stereocenters. The van der Waals surface area contributed by atoms with Crippen LogP contribution in [0.1, 0.15) is 5.56 Å². The summed E-state index contributed by atoms with van der Waals surface area (Å²) in [4.78, 5) is 15.0. The van der Waals surface area contributed by atoms with Gasteiger partial charge in [0.2, 0.25) is 5.95 Å². The van der Waals surface area contributed by atoms with E-state index in [1.54, 1.807) is 35.0 Å². The SMILES string of the molecule is CN(C)c1nc(N)c2c(N=Cc3ccc(Cl)cc3)nn(C)c2n1. The maximum atomic E-state index is 6.08. The molecular formula is C15H16ClN7. The summed E-state index contributed by atoms with van der Waals surface area (Å²) >= 11 is 5.87. The summed E-state index contributed by atoms with van der Waals surface area (Å²) in [5.74, 6) is 1.38. The van der Waals surface area contributed by atoms with Crippen LogP contribution in [-0.4, -0.2) is 40.1 Å². The van der Waals surface area contributed by atoms with Gasteiger partial charge in [-0.15, -0.1) is 0 Å². The highest BCUT2D eigenvalue weighted by molar-refractivity contribution is 6.30. The first-order chi connectivity index (χ1) is 11.0. The van der Waals surface area contributed by atoms with E-state index in [0.29, 0.717) is 33.6 Å². The van der Waals surface area contributed by atoms with Crippen LogP contribution in [0.4, 0.5) is 17.6 Å². The van der Waals surface area contributed by atoms with Gasteiger partial charge in [-0.3, -0.25) is 0 Å². The fourth-order valence-electron chi connectivity index (χ4n) is 2.12. The van der Waals surface area contributed by atoms with Gasteiger partial charge >= 0.3 is 0 Å². The number of nitrogens with zero attached hydrogens (tertiary/aromatic N) is 6. The molecular weight excluding hydrogens is 314 g/mol. The molecule has 0 unspecified atom stereocenters. The molecule has 3 aromatic rings. The third kappa shape index (κ3) is 2.95. The molecule has 2 N–H and O–H groups in total. The van der Waals surface area contributed by atoms with Gasteiger partial charge in [0.25, 0.3) is 0 Å². The Morgan fingerprint density at radius 2 is 1.91 bits per heavy atom. The molecule has 0 saturated heterocycles. The Labute approximate surface area is 138 Å². The minimum atomic E-state index is 0.357. The van der Waals surface area contributed by atoms with Gasteiger partial charge in [-0.1, -0.05) is 23.7 Å². The zero-order valence-corrected chi connectivity index (χ0v) is 13.8. The molecule has 0 amide bonds. The normalized spacial score (nSPS) is 11.5. The number of hydrogen-bond donors (Lipinski definition) is 1. The average molecular weight is 330 g/mol. The van der Waals surface area contributed by atoms with Crippen LogP contribution in [0.25, 0.3) is 11.0 Å². The van der Waals surface area contributed by atoms with E-state index in [4.69, 9.17) is 17.3 Å². The molecule has 0 spiro atoms. The number of anilines is 2. The highest BCUT2D eigenvalue weighted by Gasteiger charge is 2.15. The molecule has 2 heterocycles. The fraction of sp³-hybridized carbons (Fsp3) is 0.200. The van der Waals surface area contributed by atoms with Gasteiger partial charge in [0.15, 0.2) is 11.5 Å². The fourth-order valence-corrected chi connectivity index (χ4v) is 2.24. The molecule has 3 rings (SSSR count). The van der Waals surface area contributed by atoms with Crippen molar-refractivity contribution < 1.29 is 0 Å². The van der Waals surface area contributed by atoms with Crippen LogP contribution in [0.2, 0.25) is 5.02 Å². The van der Waals surface area contributed by atoms with Crippen molar-refractivity contribution in [3.8, 4) is 0 Å². The second-order valence-corrected chi connectivity index (χ2v) is 5.70. The number of rotatable bonds is 3. The minimum Gasteiger partial charge on any atom is -0.383 e. The van der Waals surface area contributed by atoms with Crippen LogP contribution >= 0.6 is 11.6 Å². The third-order valence-electron chi connectivity index (χ3n) is 3.29. The van der Waals surface area contributed by atoms with Crippen LogP contribution in [-0.2, 0) is 7.05 Å². The molecule has 0 fully saturated rings. The van der Waals surface area contributed by atoms with Gasteiger partial charge in [-0.25, -0.2) is 9.67 Å². The molecule has 8 heteroatoms. The highest BCUT2D eigenvalue weighted by Crippen LogP contribution is 2.29. The molecule has 2 aromatic heterocycles. The number of aliphatic imine (C=N–C) groups is 1. The first kappa shape index (κ1) is 15.2. The largest absolute Gasteiger partial charge is 0.383 e. The maximum absolute atomic E-state index is 6.08. The monoisotopic (exact) mass is 329 g/mol. The van der Waals surface area contributed by atoms with Gasteiger partial charge in [-0.05, 0) is 17.7 Å². The van der Waals surface area contributed by atoms with Gasteiger partial charge < -0.3 is 10.6 Å². The van der Waals surface area contributed by atoms with Crippen LogP contribution in [0.3, 0.4) is 0 Å². The molecule has 0 saturated carbocycles. The van der Waals surface area contributed by atoms with Gasteiger partial charge in [0.1, 0.15) is 11.2 Å². The van der Waals surface area contributed by atoms with E-state index in [1.807, 2.05) is 26.2 Å². The zero-order valence-electron chi connectivity index (χ0n) is 13.0. The first-order valence-electron chi connectivity index (χ1n) is 6.93. The van der Waals surface area contributed by atoms with Crippen molar-refractivity contribution in [3.05, 3.63) is 34.9 Å². The van der Waals surface area contributed by atoms with Gasteiger partial charge in [0, 0.05) is 32.4 Å². The van der Waals surface area contributed by atoms with Gasteiger partial charge in [0.05, 0.1) is 0 Å². The zero-order chi connectivity index (χ0) is 16.6. The molecule has 118 valence electrons. The Morgan fingerprint density at radius 3 is 2.57 bits per heavy atom. The Balaban J connectivity index is 2.06. The maximum Gasteiger partial charge on any atom is 0.228 e. The number of benzene rings is 1. The van der Waals surface area contributed by atoms with E-state index >= 15 is 0 Å². The van der Waals surface area contributed by atoms with Crippen molar-refractivity contribution in [2.24, 2.45) is 12.0 Å². The lowest BCUT2D eigenvalue weighted by Crippen LogP contribution is -2.14. The summed E-state index contributed by atoms with van der Waals surface area (Å²) in [5, 5.41) is 5.70. The van der Waals surface area contributed by atoms with Crippen molar-refractivity contribution >= 4 is 46.4 Å². The summed E-state index contributed by atoms with van der Waals surface area (Å²) < 4.78 is 1.65. The number of hydrogen-bond acceptors (Lipinski definition) is 6. The van der Waals surface area contributed by atoms with E-state index in [1.165, 1.54) is 0 Å². The quantitative estimate of drug-likeness (QED) is 0.746. The van der Waals surface area contributed by atoms with Crippen molar-refractivity contribution in [1.29, 1.82) is 0 Å². The summed E-state index contributed by atoms with van der Waals surface area (Å²) in [6, 6.07) is 7.36. The lowest BCUT2D eigenvalue weighted by atomic mass is 10.2. The van der Waals surface area contributed by atoms with Crippen molar-refractivity contribution in [2.75, 3.05) is 24.7 Å². The second kappa shape index (κ2) is 5.85. The number of nitrogens with two attached hydrogens (primary N) is 1. The molecule has 0 radical (unpaired) electrons. The smallest absolute Gasteiger partial charge is 0.228 e. The minimum absolute atomic E-state index is 0.357. The Morgan fingerprint density at radius 1 is 1.22 bits per heavy atom. The summed E-state index contributed by atoms with van der Waals surface area (Å²) in [7, 11) is 5.52. The van der Waals surface area contributed by atoms with Crippen LogP contribution < -0.4 is 10.6 Å². The topological polar surface area (TPSA) is 85.2 Å². The van der Waals surface area contributed by atoms with E-state index in [-0.39, 0.29) is 0 Å². The average Bonchev–Trinajstić information content (AvgIpc) is 2.83. The number of aryl methyl sites for hydroxylation is 1. The summed E-state index contributed by atoms with van der Waals surface area (Å²) in [6.07, 6.45) is 1.71. The van der Waals surface area contributed by atoms with E-state index in [0.717, 1.165) is 5.56 Å². The molecule has 1 aromatic carbocycles. The van der Waals surface area contributed by atoms with E-state index in [9.17, 15) is 0 Å².